The van der Waals surface area contributed by atoms with Crippen LogP contribution in [0.5, 0.6) is 0 Å². The number of nitriles is 1. The van der Waals surface area contributed by atoms with Crippen molar-refractivity contribution in [3.63, 3.8) is 0 Å². The number of rotatable bonds is 4. The van der Waals surface area contributed by atoms with Crippen LogP contribution >= 0.6 is 11.3 Å². The van der Waals surface area contributed by atoms with E-state index in [1.54, 1.807) is 0 Å². The molecule has 0 spiro atoms. The van der Waals surface area contributed by atoms with Crippen LogP contribution in [0.1, 0.15) is 67.4 Å². The minimum atomic E-state index is -0.551. The van der Waals surface area contributed by atoms with E-state index in [-0.39, 0.29) is 18.1 Å². The largest absolute Gasteiger partial charge is 0.315 e. The van der Waals surface area contributed by atoms with Gasteiger partial charge < -0.3 is 5.32 Å². The Morgan fingerprint density at radius 2 is 1.86 bits per heavy atom. The Labute approximate surface area is 173 Å². The van der Waals surface area contributed by atoms with E-state index in [0.29, 0.717) is 10.6 Å². The van der Waals surface area contributed by atoms with E-state index >= 15 is 0 Å². The lowest BCUT2D eigenvalue weighted by Crippen LogP contribution is -2.19. The first-order chi connectivity index (χ1) is 14.1. The van der Waals surface area contributed by atoms with Crippen molar-refractivity contribution in [1.29, 1.82) is 5.26 Å². The molecular formula is C20H25N5O3S. The Bertz CT molecular complexity index is 912. The fraction of sp³-hybridized carbons (Fsp3) is 0.550. The van der Waals surface area contributed by atoms with Crippen LogP contribution < -0.4 is 5.32 Å². The summed E-state index contributed by atoms with van der Waals surface area (Å²) in [5.41, 5.74) is 1.50. The van der Waals surface area contributed by atoms with Crippen LogP contribution in [-0.4, -0.2) is 20.6 Å². The quantitative estimate of drug-likeness (QED) is 0.580. The van der Waals surface area contributed by atoms with Crippen molar-refractivity contribution >= 4 is 27.9 Å². The number of hydrogen-bond donors (Lipinski definition) is 1. The Balaban J connectivity index is 1.74. The summed E-state index contributed by atoms with van der Waals surface area (Å²) in [6, 6.07) is 2.29. The number of carbonyl (C=O) groups is 1. The maximum Gasteiger partial charge on any atom is 0.307 e. The van der Waals surface area contributed by atoms with Crippen molar-refractivity contribution in [1.82, 2.24) is 9.78 Å². The van der Waals surface area contributed by atoms with Gasteiger partial charge in [-0.3, -0.25) is 19.6 Å². The molecule has 29 heavy (non-hydrogen) atoms. The van der Waals surface area contributed by atoms with Gasteiger partial charge in [0.05, 0.1) is 10.5 Å². The molecule has 0 saturated carbocycles. The van der Waals surface area contributed by atoms with E-state index in [2.05, 4.69) is 16.5 Å². The van der Waals surface area contributed by atoms with Crippen molar-refractivity contribution in [2.75, 3.05) is 5.32 Å². The summed E-state index contributed by atoms with van der Waals surface area (Å²) < 4.78 is 1.23. The summed E-state index contributed by atoms with van der Waals surface area (Å²) in [6.07, 6.45) is 13.7. The van der Waals surface area contributed by atoms with Gasteiger partial charge >= 0.3 is 5.69 Å². The van der Waals surface area contributed by atoms with Crippen molar-refractivity contribution in [3.05, 3.63) is 38.5 Å². The van der Waals surface area contributed by atoms with E-state index in [9.17, 15) is 20.2 Å². The number of nitrogens with zero attached hydrogens (tertiary/aromatic N) is 4. The van der Waals surface area contributed by atoms with Crippen LogP contribution in [0, 0.1) is 21.4 Å². The normalized spacial score (nSPS) is 15.4. The molecule has 0 saturated heterocycles. The monoisotopic (exact) mass is 415 g/mol. The van der Waals surface area contributed by atoms with Gasteiger partial charge in [0.15, 0.2) is 0 Å². The highest BCUT2D eigenvalue weighted by Crippen LogP contribution is 2.35. The summed E-state index contributed by atoms with van der Waals surface area (Å²) in [5, 5.41) is 27.7. The third-order valence-corrected chi connectivity index (χ3v) is 6.38. The van der Waals surface area contributed by atoms with Crippen molar-refractivity contribution in [2.45, 2.75) is 70.8 Å². The number of nitrogens with one attached hydrogen (secondary N) is 1. The lowest BCUT2D eigenvalue weighted by Gasteiger charge is -2.08. The fourth-order valence-electron chi connectivity index (χ4n) is 3.68. The molecule has 9 heteroatoms. The number of amides is 1. The molecule has 1 amide bonds. The van der Waals surface area contributed by atoms with Gasteiger partial charge in [-0.25, -0.2) is 0 Å². The van der Waals surface area contributed by atoms with Gasteiger partial charge in [-0.1, -0.05) is 38.5 Å². The SMILES string of the molecule is N#Cc1c(NC(=O)Cn2cc([N+](=O)[O-])cn2)sc2c1CCCCCCCCCC2. The first-order valence-corrected chi connectivity index (χ1v) is 10.9. The van der Waals surface area contributed by atoms with Crippen molar-refractivity contribution < 1.29 is 9.72 Å². The van der Waals surface area contributed by atoms with Gasteiger partial charge in [0.25, 0.3) is 0 Å². The second-order valence-electron chi connectivity index (χ2n) is 7.35. The number of fused-ring (bicyclic) bond motifs is 1. The zero-order valence-corrected chi connectivity index (χ0v) is 17.2. The summed E-state index contributed by atoms with van der Waals surface area (Å²) >= 11 is 1.49. The minimum absolute atomic E-state index is 0.138. The third kappa shape index (κ3) is 5.64. The standard InChI is InChI=1S/C20H25N5O3S/c21-11-17-16-9-7-5-3-1-2-4-6-8-10-18(16)29-20(17)23-19(26)14-24-13-15(12-22-24)25(27)28/h12-13H,1-10,14H2,(H,23,26). The highest BCUT2D eigenvalue weighted by molar-refractivity contribution is 7.16. The lowest BCUT2D eigenvalue weighted by molar-refractivity contribution is -0.385. The average molecular weight is 416 g/mol. The molecule has 1 aliphatic carbocycles. The molecule has 2 aromatic rings. The predicted octanol–water partition coefficient (Wildman–Crippen LogP) is 4.58. The second kappa shape index (κ2) is 10.2. The van der Waals surface area contributed by atoms with Crippen LogP contribution in [-0.2, 0) is 24.2 Å². The number of thiophene rings is 1. The van der Waals surface area contributed by atoms with Gasteiger partial charge in [0.2, 0.25) is 5.91 Å². The summed E-state index contributed by atoms with van der Waals surface area (Å²) in [6.45, 7) is -0.138. The molecule has 0 fully saturated rings. The number of aryl methyl sites for hydroxylation is 1. The van der Waals surface area contributed by atoms with Crippen LogP contribution in [0.3, 0.4) is 0 Å². The molecule has 1 N–H and O–H groups in total. The molecule has 1 aliphatic rings. The zero-order valence-electron chi connectivity index (χ0n) is 16.4. The number of aromatic nitrogens is 2. The number of nitro groups is 1. The number of anilines is 1. The molecular weight excluding hydrogens is 390 g/mol. The molecule has 2 aromatic heterocycles. The van der Waals surface area contributed by atoms with E-state index in [4.69, 9.17) is 0 Å². The maximum absolute atomic E-state index is 12.4. The number of carbonyl (C=O) groups excluding carboxylic acids is 1. The highest BCUT2D eigenvalue weighted by atomic mass is 32.1. The summed E-state index contributed by atoms with van der Waals surface area (Å²) in [7, 11) is 0. The third-order valence-electron chi connectivity index (χ3n) is 5.17. The first kappa shape index (κ1) is 21.0. The molecule has 8 nitrogen and oxygen atoms in total. The predicted molar refractivity (Wildman–Crippen MR) is 111 cm³/mol. The van der Waals surface area contributed by atoms with E-state index in [1.165, 1.54) is 65.6 Å². The van der Waals surface area contributed by atoms with Crippen molar-refractivity contribution in [3.8, 4) is 6.07 Å². The molecule has 0 unspecified atom stereocenters. The van der Waals surface area contributed by atoms with Gasteiger partial charge in [-0.15, -0.1) is 11.3 Å². The smallest absolute Gasteiger partial charge is 0.307 e. The lowest BCUT2D eigenvalue weighted by atomic mass is 9.98. The van der Waals surface area contributed by atoms with E-state index in [0.717, 1.165) is 37.4 Å². The Morgan fingerprint density at radius 3 is 2.48 bits per heavy atom. The Morgan fingerprint density at radius 1 is 1.21 bits per heavy atom. The van der Waals surface area contributed by atoms with Crippen molar-refractivity contribution in [2.24, 2.45) is 0 Å². The first-order valence-electron chi connectivity index (χ1n) is 10.1. The topological polar surface area (TPSA) is 114 Å². The zero-order chi connectivity index (χ0) is 20.6. The summed E-state index contributed by atoms with van der Waals surface area (Å²) in [5.74, 6) is -0.350. The maximum atomic E-state index is 12.4. The molecule has 0 aliphatic heterocycles. The van der Waals surface area contributed by atoms with Crippen LogP contribution in [0.15, 0.2) is 12.4 Å². The number of hydrogen-bond acceptors (Lipinski definition) is 6. The molecule has 0 aromatic carbocycles. The minimum Gasteiger partial charge on any atom is -0.315 e. The van der Waals surface area contributed by atoms with Gasteiger partial charge in [0, 0.05) is 4.88 Å². The Hall–Kier alpha value is -2.73. The highest BCUT2D eigenvalue weighted by Gasteiger charge is 2.20. The van der Waals surface area contributed by atoms with E-state index < -0.39 is 4.92 Å². The van der Waals surface area contributed by atoms with E-state index in [1.807, 2.05) is 0 Å². The molecule has 154 valence electrons. The molecule has 3 rings (SSSR count). The Kier molecular flexibility index (Phi) is 7.36. The molecule has 2 heterocycles. The molecule has 0 atom stereocenters. The summed E-state index contributed by atoms with van der Waals surface area (Å²) in [4.78, 5) is 23.8. The van der Waals surface area contributed by atoms with Gasteiger partial charge in [-0.2, -0.15) is 10.4 Å². The molecule has 0 bridgehead atoms. The average Bonchev–Trinajstić information content (AvgIpc) is 3.26. The van der Waals surface area contributed by atoms with Gasteiger partial charge in [-0.05, 0) is 31.2 Å². The second-order valence-corrected chi connectivity index (χ2v) is 8.45. The van der Waals surface area contributed by atoms with Crippen LogP contribution in [0.25, 0.3) is 0 Å². The van der Waals surface area contributed by atoms with Gasteiger partial charge in [0.1, 0.15) is 30.0 Å². The van der Waals surface area contributed by atoms with Crippen LogP contribution in [0.4, 0.5) is 10.7 Å². The van der Waals surface area contributed by atoms with Crippen LogP contribution in [0.2, 0.25) is 0 Å². The fourth-order valence-corrected chi connectivity index (χ4v) is 4.94. The molecule has 0 radical (unpaired) electrons.